The summed E-state index contributed by atoms with van der Waals surface area (Å²) < 4.78 is 108. The molecule has 5 aromatic heterocycles. The molecule has 0 aliphatic heterocycles. The van der Waals surface area contributed by atoms with E-state index < -0.39 is 29.0 Å². The maximum absolute atomic E-state index is 16.3. The van der Waals surface area contributed by atoms with Gasteiger partial charge in [-0.2, -0.15) is 26.3 Å². The highest BCUT2D eigenvalue weighted by molar-refractivity contribution is 7.27. The molecule has 0 amide bonds. The van der Waals surface area contributed by atoms with Gasteiger partial charge in [-0.3, -0.25) is 0 Å². The van der Waals surface area contributed by atoms with Gasteiger partial charge in [-0.1, -0.05) is 170 Å². The van der Waals surface area contributed by atoms with E-state index in [9.17, 15) is 0 Å². The highest BCUT2D eigenvalue weighted by Crippen LogP contribution is 2.56. The second kappa shape index (κ2) is 17.4. The molecule has 0 N–H and O–H groups in total. The number of rotatable bonds is 6. The molecule has 11 aromatic carbocycles. The van der Waals surface area contributed by atoms with E-state index in [0.717, 1.165) is 118 Å². The molecule has 396 valence electrons. The van der Waals surface area contributed by atoms with Crippen LogP contribution in [0.15, 0.2) is 224 Å². The van der Waals surface area contributed by atoms with Gasteiger partial charge in [-0.05, 0) is 79.6 Å². The first-order valence-corrected chi connectivity index (χ1v) is 28.6. The Kier molecular flexibility index (Phi) is 10.4. The monoisotopic (exact) mass is 1120 g/mol. The zero-order chi connectivity index (χ0) is 55.6. The number of thiophene rings is 2. The van der Waals surface area contributed by atoms with E-state index in [-0.39, 0.29) is 22.3 Å². The summed E-state index contributed by atoms with van der Waals surface area (Å²) in [5, 5.41) is 9.40. The fraction of sp³-hybridized carbons (Fsp3) is 0.0704. The molecule has 82 heavy (non-hydrogen) atoms. The van der Waals surface area contributed by atoms with Crippen LogP contribution in [-0.4, -0.2) is 13.7 Å². The SMILES string of the molecule is CC(C)(c1c(-n2c3ccccc3c3ccc4c5ccccc5sc4c32)c(-c2ccccc2C(F)(F)F)cc(-c2ccccc2C(F)(F)F)c1-n1c2ccccc2c2ccc3c4ccccc4sc3c21)n1c2ccccc2c2ccccc21. The van der Waals surface area contributed by atoms with Crippen LogP contribution in [-0.2, 0) is 17.9 Å². The molecule has 5 heterocycles. The summed E-state index contributed by atoms with van der Waals surface area (Å²) >= 11 is 3.24. The highest BCUT2D eigenvalue weighted by atomic mass is 32.1. The second-order valence-corrected chi connectivity index (χ2v) is 23.7. The fourth-order valence-electron chi connectivity index (χ4n) is 13.6. The van der Waals surface area contributed by atoms with Crippen molar-refractivity contribution in [1.29, 1.82) is 0 Å². The van der Waals surface area contributed by atoms with Crippen molar-refractivity contribution in [3.8, 4) is 33.6 Å². The molecule has 0 aliphatic carbocycles. The Bertz CT molecular complexity index is 5050. The molecule has 0 aliphatic rings. The first-order valence-electron chi connectivity index (χ1n) is 27.0. The standard InChI is InChI=1S/C71H43F6N3S2/c1-69(2,80-58-31-15-7-21-42(58)43-22-8-16-32-59(43)80)62-63(78-56-29-13-5-23-44(56)48-35-37-50-46-25-9-17-33-60(46)81-67(50)65(48)78)52(40-19-3-11-27-54(40)70(72,73)74)39-53(41-20-4-12-28-55(41)71(75,76)77)64(62)79-57-30-14-6-24-45(57)49-36-38-51-47-26-10-18-34-61(47)82-68(51)66(49)79/h3-39H,1-2H3. The van der Waals surface area contributed by atoms with Crippen LogP contribution in [0.2, 0.25) is 0 Å². The Morgan fingerprint density at radius 1 is 0.317 bits per heavy atom. The zero-order valence-corrected chi connectivity index (χ0v) is 45.4. The zero-order valence-electron chi connectivity index (χ0n) is 43.8. The molecule has 0 atom stereocenters. The summed E-state index contributed by atoms with van der Waals surface area (Å²) in [6, 6.07) is 69.7. The average molecular weight is 1120 g/mol. The van der Waals surface area contributed by atoms with E-state index in [1.54, 1.807) is 40.9 Å². The lowest BCUT2D eigenvalue weighted by Gasteiger charge is -2.37. The highest BCUT2D eigenvalue weighted by Gasteiger charge is 2.42. The van der Waals surface area contributed by atoms with Gasteiger partial charge < -0.3 is 13.7 Å². The number of halogens is 6. The molecular weight excluding hydrogens is 1070 g/mol. The maximum atomic E-state index is 16.3. The van der Waals surface area contributed by atoms with Gasteiger partial charge in [0.1, 0.15) is 0 Å². The number of fused-ring (bicyclic) bond motifs is 17. The topological polar surface area (TPSA) is 14.8 Å². The lowest BCUT2D eigenvalue weighted by Crippen LogP contribution is -2.32. The van der Waals surface area contributed by atoms with Gasteiger partial charge in [0.2, 0.25) is 0 Å². The van der Waals surface area contributed by atoms with E-state index >= 15 is 26.3 Å². The van der Waals surface area contributed by atoms with Crippen molar-refractivity contribution in [3.63, 3.8) is 0 Å². The third-order valence-electron chi connectivity index (χ3n) is 16.9. The lowest BCUT2D eigenvalue weighted by atomic mass is 9.81. The maximum Gasteiger partial charge on any atom is 0.417 e. The third-order valence-corrected chi connectivity index (χ3v) is 19.3. The van der Waals surface area contributed by atoms with E-state index in [1.807, 2.05) is 84.9 Å². The van der Waals surface area contributed by atoms with E-state index in [0.29, 0.717) is 16.9 Å². The summed E-state index contributed by atoms with van der Waals surface area (Å²) in [5.41, 5.74) is 2.64. The molecule has 0 fully saturated rings. The minimum Gasteiger partial charge on any atom is -0.330 e. The van der Waals surface area contributed by atoms with Crippen molar-refractivity contribution in [3.05, 3.63) is 241 Å². The normalized spacial score (nSPS) is 12.9. The first-order chi connectivity index (χ1) is 39.8. The second-order valence-electron chi connectivity index (χ2n) is 21.6. The van der Waals surface area contributed by atoms with Crippen molar-refractivity contribution < 1.29 is 26.3 Å². The Morgan fingerprint density at radius 2 is 0.646 bits per heavy atom. The number of alkyl halides is 6. The van der Waals surface area contributed by atoms with Gasteiger partial charge >= 0.3 is 12.4 Å². The number of hydrogen-bond donors (Lipinski definition) is 0. The predicted octanol–water partition coefficient (Wildman–Crippen LogP) is 21.9. The van der Waals surface area contributed by atoms with Crippen LogP contribution >= 0.6 is 22.7 Å². The quantitative estimate of drug-likeness (QED) is 0.147. The number of para-hydroxylation sites is 4. The number of aromatic nitrogens is 3. The van der Waals surface area contributed by atoms with Crippen LogP contribution in [0.3, 0.4) is 0 Å². The summed E-state index contributed by atoms with van der Waals surface area (Å²) in [7, 11) is 0. The molecule has 3 nitrogen and oxygen atoms in total. The van der Waals surface area contributed by atoms with Crippen LogP contribution in [0, 0.1) is 0 Å². The van der Waals surface area contributed by atoms with Crippen LogP contribution in [0.4, 0.5) is 26.3 Å². The lowest BCUT2D eigenvalue weighted by molar-refractivity contribution is -0.137. The molecule has 0 saturated carbocycles. The van der Waals surface area contributed by atoms with Gasteiger partial charge in [-0.25, -0.2) is 0 Å². The van der Waals surface area contributed by atoms with Gasteiger partial charge in [0, 0.05) is 91.0 Å². The summed E-state index contributed by atoms with van der Waals surface area (Å²) in [4.78, 5) is 0. The van der Waals surface area contributed by atoms with Crippen LogP contribution < -0.4 is 0 Å². The number of hydrogen-bond acceptors (Lipinski definition) is 2. The van der Waals surface area contributed by atoms with Gasteiger partial charge in [0.05, 0.1) is 59.5 Å². The van der Waals surface area contributed by atoms with Gasteiger partial charge in [0.15, 0.2) is 0 Å². The molecule has 0 unspecified atom stereocenters. The van der Waals surface area contributed by atoms with Crippen molar-refractivity contribution in [2.45, 2.75) is 31.7 Å². The number of benzene rings is 11. The molecule has 16 aromatic rings. The minimum atomic E-state index is -4.89. The fourth-order valence-corrected chi connectivity index (χ4v) is 16.1. The average Bonchev–Trinajstić information content (AvgIpc) is 2.08. The smallest absolute Gasteiger partial charge is 0.330 e. The van der Waals surface area contributed by atoms with E-state index in [4.69, 9.17) is 0 Å². The van der Waals surface area contributed by atoms with Gasteiger partial charge in [-0.15, -0.1) is 22.7 Å². The molecule has 11 heteroatoms. The summed E-state index contributed by atoms with van der Waals surface area (Å²) in [6.45, 7) is 4.16. The van der Waals surface area contributed by atoms with Crippen molar-refractivity contribution in [1.82, 2.24) is 13.7 Å². The van der Waals surface area contributed by atoms with Crippen molar-refractivity contribution in [2.24, 2.45) is 0 Å². The molecule has 0 bridgehead atoms. The van der Waals surface area contributed by atoms with E-state index in [2.05, 4.69) is 112 Å². The summed E-state index contributed by atoms with van der Waals surface area (Å²) in [6.07, 6.45) is -9.78. The predicted molar refractivity (Wildman–Crippen MR) is 330 cm³/mol. The van der Waals surface area contributed by atoms with Crippen LogP contribution in [0.1, 0.15) is 30.5 Å². The Balaban J connectivity index is 1.26. The van der Waals surface area contributed by atoms with E-state index in [1.165, 1.54) is 24.3 Å². The van der Waals surface area contributed by atoms with Crippen LogP contribution in [0.25, 0.3) is 139 Å². The first kappa shape index (κ1) is 48.7. The molecule has 0 radical (unpaired) electrons. The molecule has 0 spiro atoms. The molecule has 0 saturated heterocycles. The van der Waals surface area contributed by atoms with Crippen molar-refractivity contribution in [2.75, 3.05) is 0 Å². The molecular formula is C71H43F6N3S2. The largest absolute Gasteiger partial charge is 0.417 e. The third kappa shape index (κ3) is 6.84. The van der Waals surface area contributed by atoms with Crippen molar-refractivity contribution >= 4 is 128 Å². The summed E-state index contributed by atoms with van der Waals surface area (Å²) in [5.74, 6) is 0. The molecule has 16 rings (SSSR count). The minimum absolute atomic E-state index is 0.112. The number of nitrogens with zero attached hydrogens (tertiary/aromatic N) is 3. The Labute approximate surface area is 472 Å². The Hall–Kier alpha value is -9.16. The van der Waals surface area contributed by atoms with Crippen LogP contribution in [0.5, 0.6) is 0 Å². The van der Waals surface area contributed by atoms with Gasteiger partial charge in [0.25, 0.3) is 0 Å². The Morgan fingerprint density at radius 3 is 1.06 bits per heavy atom.